The first-order valence-electron chi connectivity index (χ1n) is 6.42. The highest BCUT2D eigenvalue weighted by molar-refractivity contribution is 7.73. The zero-order valence-electron chi connectivity index (χ0n) is 11.5. The molecule has 0 atom stereocenters. The van der Waals surface area contributed by atoms with Crippen LogP contribution < -0.4 is 5.32 Å². The quantitative estimate of drug-likeness (QED) is 0.354. The van der Waals surface area contributed by atoms with Gasteiger partial charge < -0.3 is 9.88 Å². The second-order valence-electron chi connectivity index (χ2n) is 4.66. The summed E-state index contributed by atoms with van der Waals surface area (Å²) < 4.78 is 3.26. The van der Waals surface area contributed by atoms with E-state index in [0.717, 1.165) is 15.9 Å². The average molecular weight is 386 g/mol. The Labute approximate surface area is 150 Å². The Morgan fingerprint density at radius 2 is 2.04 bits per heavy atom. The maximum absolute atomic E-state index is 10.9. The molecule has 0 amide bonds. The number of hydrogen-bond donors (Lipinski definition) is 1. The highest BCUT2D eigenvalue weighted by atomic mass is 35.5. The number of thiazole rings is 1. The molecule has 0 fully saturated rings. The largest absolute Gasteiger partial charge is 0.366 e. The van der Waals surface area contributed by atoms with Crippen LogP contribution in [0.3, 0.4) is 0 Å². The number of nitro groups is 1. The van der Waals surface area contributed by atoms with E-state index in [0.29, 0.717) is 20.7 Å². The van der Waals surface area contributed by atoms with Gasteiger partial charge in [0.05, 0.1) is 32.5 Å². The molecule has 0 unspecified atom stereocenters. The summed E-state index contributed by atoms with van der Waals surface area (Å²) >= 11 is 18.7. The van der Waals surface area contributed by atoms with Crippen LogP contribution in [0, 0.1) is 14.1 Å². The van der Waals surface area contributed by atoms with Gasteiger partial charge in [-0.2, -0.15) is 0 Å². The summed E-state index contributed by atoms with van der Waals surface area (Å²) in [7, 11) is 0. The number of halogens is 2. The molecule has 1 aromatic heterocycles. The Morgan fingerprint density at radius 1 is 1.26 bits per heavy atom. The third-order valence-electron chi connectivity index (χ3n) is 3.22. The molecule has 5 nitrogen and oxygen atoms in total. The van der Waals surface area contributed by atoms with Crippen LogP contribution in [0.2, 0.25) is 10.0 Å². The molecule has 0 spiro atoms. The number of anilines is 1. The number of non-ortho nitro benzene ring substituents is 1. The number of fused-ring (bicyclic) bond motifs is 1. The van der Waals surface area contributed by atoms with Crippen LogP contribution in [0.5, 0.6) is 0 Å². The molecule has 0 saturated carbocycles. The van der Waals surface area contributed by atoms with E-state index in [2.05, 4.69) is 5.32 Å². The Kier molecular flexibility index (Phi) is 4.54. The van der Waals surface area contributed by atoms with Crippen LogP contribution in [-0.2, 0) is 6.67 Å². The third kappa shape index (κ3) is 3.32. The predicted molar refractivity (Wildman–Crippen MR) is 97.4 cm³/mol. The van der Waals surface area contributed by atoms with Gasteiger partial charge in [0.2, 0.25) is 0 Å². The Bertz CT molecular complexity index is 968. The van der Waals surface area contributed by atoms with E-state index in [9.17, 15) is 10.1 Å². The Hall–Kier alpha value is -1.67. The van der Waals surface area contributed by atoms with Crippen LogP contribution in [0.15, 0.2) is 36.4 Å². The molecule has 1 N–H and O–H groups in total. The fourth-order valence-electron chi connectivity index (χ4n) is 2.12. The van der Waals surface area contributed by atoms with E-state index in [-0.39, 0.29) is 5.69 Å². The number of rotatable bonds is 4. The van der Waals surface area contributed by atoms with Gasteiger partial charge in [0, 0.05) is 17.2 Å². The zero-order valence-corrected chi connectivity index (χ0v) is 14.6. The normalized spacial score (nSPS) is 10.9. The number of nitro benzene ring substituents is 1. The van der Waals surface area contributed by atoms with Crippen LogP contribution >= 0.6 is 46.8 Å². The van der Waals surface area contributed by atoms with E-state index in [4.69, 9.17) is 35.4 Å². The van der Waals surface area contributed by atoms with Crippen molar-refractivity contribution in [2.75, 3.05) is 5.32 Å². The lowest BCUT2D eigenvalue weighted by Gasteiger charge is -2.10. The van der Waals surface area contributed by atoms with Crippen molar-refractivity contribution in [3.63, 3.8) is 0 Å². The molecular weight excluding hydrogens is 377 g/mol. The van der Waals surface area contributed by atoms with Crippen molar-refractivity contribution in [1.29, 1.82) is 0 Å². The summed E-state index contributed by atoms with van der Waals surface area (Å²) in [6.45, 7) is 0.401. The van der Waals surface area contributed by atoms with Gasteiger partial charge >= 0.3 is 0 Å². The van der Waals surface area contributed by atoms with Gasteiger partial charge in [-0.25, -0.2) is 0 Å². The monoisotopic (exact) mass is 385 g/mol. The second-order valence-corrected chi connectivity index (χ2v) is 7.18. The molecule has 1 heterocycles. The van der Waals surface area contributed by atoms with Crippen molar-refractivity contribution in [1.82, 2.24) is 4.57 Å². The highest BCUT2D eigenvalue weighted by Crippen LogP contribution is 2.29. The molecule has 3 rings (SSSR count). The molecule has 0 bridgehead atoms. The maximum Gasteiger partial charge on any atom is 0.270 e. The summed E-state index contributed by atoms with van der Waals surface area (Å²) in [5.74, 6) is 0. The second kappa shape index (κ2) is 6.45. The van der Waals surface area contributed by atoms with Gasteiger partial charge in [-0.15, -0.1) is 11.3 Å². The van der Waals surface area contributed by atoms with Crippen LogP contribution in [0.4, 0.5) is 11.4 Å². The molecule has 0 saturated heterocycles. The van der Waals surface area contributed by atoms with Crippen molar-refractivity contribution in [2.45, 2.75) is 6.67 Å². The number of aromatic nitrogens is 1. The standard InChI is InChI=1S/C14H9Cl2N3O2S2/c15-8-1-3-11(10(16)5-8)17-7-18-12-4-2-9(19(20)21)6-13(12)23-14(18)22/h1-6,17H,7H2. The van der Waals surface area contributed by atoms with Crippen molar-refractivity contribution in [2.24, 2.45) is 0 Å². The zero-order chi connectivity index (χ0) is 16.6. The van der Waals surface area contributed by atoms with E-state index in [1.807, 2.05) is 4.57 Å². The van der Waals surface area contributed by atoms with E-state index >= 15 is 0 Å². The molecule has 0 aliphatic rings. The first-order valence-corrected chi connectivity index (χ1v) is 8.40. The first kappa shape index (κ1) is 16.2. The molecule has 9 heteroatoms. The lowest BCUT2D eigenvalue weighted by Crippen LogP contribution is -2.08. The van der Waals surface area contributed by atoms with Gasteiger partial charge in [0.1, 0.15) is 0 Å². The average Bonchev–Trinajstić information content (AvgIpc) is 2.81. The van der Waals surface area contributed by atoms with Crippen LogP contribution in [-0.4, -0.2) is 9.49 Å². The van der Waals surface area contributed by atoms with E-state index < -0.39 is 4.92 Å². The fourth-order valence-corrected chi connectivity index (χ4v) is 3.95. The minimum atomic E-state index is -0.418. The fraction of sp³-hybridized carbons (Fsp3) is 0.0714. The third-order valence-corrected chi connectivity index (χ3v) is 5.18. The van der Waals surface area contributed by atoms with Crippen LogP contribution in [0.25, 0.3) is 10.2 Å². The molecule has 0 aliphatic carbocycles. The SMILES string of the molecule is O=[N+]([O-])c1ccc2c(c1)sc(=S)n2CNc1ccc(Cl)cc1Cl. The Morgan fingerprint density at radius 3 is 2.74 bits per heavy atom. The maximum atomic E-state index is 10.9. The summed E-state index contributed by atoms with van der Waals surface area (Å²) in [5.41, 5.74) is 1.62. The summed E-state index contributed by atoms with van der Waals surface area (Å²) in [6.07, 6.45) is 0. The topological polar surface area (TPSA) is 60.1 Å². The van der Waals surface area contributed by atoms with Crippen molar-refractivity contribution in [3.05, 3.63) is 60.5 Å². The van der Waals surface area contributed by atoms with Gasteiger partial charge in [0.15, 0.2) is 3.95 Å². The van der Waals surface area contributed by atoms with Gasteiger partial charge in [-0.1, -0.05) is 23.2 Å². The molecule has 23 heavy (non-hydrogen) atoms. The number of benzene rings is 2. The minimum Gasteiger partial charge on any atom is -0.366 e. The highest BCUT2D eigenvalue weighted by Gasteiger charge is 2.11. The summed E-state index contributed by atoms with van der Waals surface area (Å²) in [5, 5.41) is 15.1. The van der Waals surface area contributed by atoms with Crippen molar-refractivity contribution >= 4 is 68.3 Å². The molecular formula is C14H9Cl2N3O2S2. The molecule has 0 radical (unpaired) electrons. The molecule has 118 valence electrons. The predicted octanol–water partition coefficient (Wildman–Crippen LogP) is 5.72. The number of hydrogen-bond acceptors (Lipinski definition) is 5. The minimum absolute atomic E-state index is 0.0506. The Balaban J connectivity index is 1.92. The first-order chi connectivity index (χ1) is 11.0. The summed E-state index contributed by atoms with van der Waals surface area (Å²) in [6, 6.07) is 9.87. The van der Waals surface area contributed by atoms with Crippen molar-refractivity contribution in [3.8, 4) is 0 Å². The van der Waals surface area contributed by atoms with Gasteiger partial charge in [0.25, 0.3) is 5.69 Å². The van der Waals surface area contributed by atoms with E-state index in [1.54, 1.807) is 24.3 Å². The van der Waals surface area contributed by atoms with E-state index in [1.165, 1.54) is 23.5 Å². The molecule has 2 aromatic carbocycles. The lowest BCUT2D eigenvalue weighted by molar-refractivity contribution is -0.384. The van der Waals surface area contributed by atoms with Gasteiger partial charge in [-0.3, -0.25) is 10.1 Å². The summed E-state index contributed by atoms with van der Waals surface area (Å²) in [4.78, 5) is 10.4. The van der Waals surface area contributed by atoms with Crippen LogP contribution in [0.1, 0.15) is 0 Å². The number of nitrogens with zero attached hydrogens (tertiary/aromatic N) is 2. The molecule has 3 aromatic rings. The molecule has 0 aliphatic heterocycles. The number of nitrogens with one attached hydrogen (secondary N) is 1. The lowest BCUT2D eigenvalue weighted by atomic mass is 10.3. The van der Waals surface area contributed by atoms with Crippen molar-refractivity contribution < 1.29 is 4.92 Å². The smallest absolute Gasteiger partial charge is 0.270 e. The van der Waals surface area contributed by atoms with Gasteiger partial charge in [-0.05, 0) is 36.5 Å².